The van der Waals surface area contributed by atoms with E-state index in [1.807, 2.05) is 16.8 Å². The quantitative estimate of drug-likeness (QED) is 0.674. The number of nitrogens with zero attached hydrogens (tertiary/aromatic N) is 3. The second-order valence-electron chi connectivity index (χ2n) is 7.08. The number of hydrogen-bond acceptors (Lipinski definition) is 5. The third-order valence-corrected chi connectivity index (χ3v) is 5.13. The van der Waals surface area contributed by atoms with E-state index in [1.54, 1.807) is 14.2 Å². The van der Waals surface area contributed by atoms with E-state index in [0.717, 1.165) is 68.4 Å². The molecule has 3 rings (SSSR count). The van der Waals surface area contributed by atoms with Crippen molar-refractivity contribution in [2.45, 2.75) is 52.4 Å². The zero-order valence-electron chi connectivity index (χ0n) is 16.9. The zero-order valence-corrected chi connectivity index (χ0v) is 16.9. The molecule has 0 bridgehead atoms. The minimum absolute atomic E-state index is 0.295. The third-order valence-electron chi connectivity index (χ3n) is 5.13. The van der Waals surface area contributed by atoms with E-state index in [-0.39, 0.29) is 0 Å². The summed E-state index contributed by atoms with van der Waals surface area (Å²) in [6, 6.07) is 5.96. The highest BCUT2D eigenvalue weighted by Gasteiger charge is 2.22. The lowest BCUT2D eigenvalue weighted by Gasteiger charge is -2.26. The molecule has 27 heavy (non-hydrogen) atoms. The summed E-state index contributed by atoms with van der Waals surface area (Å²) in [5, 5.41) is 4.60. The van der Waals surface area contributed by atoms with Crippen LogP contribution in [0, 0.1) is 6.92 Å². The van der Waals surface area contributed by atoms with Crippen molar-refractivity contribution >= 4 is 0 Å². The van der Waals surface area contributed by atoms with Crippen molar-refractivity contribution in [1.82, 2.24) is 14.7 Å². The van der Waals surface area contributed by atoms with E-state index in [2.05, 4.69) is 36.1 Å². The summed E-state index contributed by atoms with van der Waals surface area (Å²) < 4.78 is 18.9. The Labute approximate surface area is 162 Å². The van der Waals surface area contributed by atoms with Gasteiger partial charge in [-0.25, -0.2) is 0 Å². The van der Waals surface area contributed by atoms with Crippen LogP contribution >= 0.6 is 0 Å². The average Bonchev–Trinajstić information content (AvgIpc) is 3.31. The SMILES string of the molecule is CCn1cc(CN(Cc2cc(OC)ccc2OC)C[C@H]2CCCO2)c(C)n1. The van der Waals surface area contributed by atoms with Gasteiger partial charge in [-0.05, 0) is 44.9 Å². The number of rotatable bonds is 9. The van der Waals surface area contributed by atoms with Crippen molar-refractivity contribution in [3.8, 4) is 11.5 Å². The average molecular weight is 373 g/mol. The first kappa shape index (κ1) is 19.7. The second-order valence-corrected chi connectivity index (χ2v) is 7.08. The number of aryl methyl sites for hydroxylation is 2. The summed E-state index contributed by atoms with van der Waals surface area (Å²) in [6.07, 6.45) is 4.72. The fraction of sp³-hybridized carbons (Fsp3) is 0.571. The van der Waals surface area contributed by atoms with Crippen molar-refractivity contribution < 1.29 is 14.2 Å². The van der Waals surface area contributed by atoms with Crippen molar-refractivity contribution in [2.24, 2.45) is 0 Å². The van der Waals surface area contributed by atoms with Crippen LogP contribution in [-0.4, -0.2) is 48.2 Å². The predicted molar refractivity (Wildman–Crippen MR) is 105 cm³/mol. The van der Waals surface area contributed by atoms with Crippen LogP contribution in [0.1, 0.15) is 36.6 Å². The number of hydrogen-bond donors (Lipinski definition) is 0. The molecule has 1 aliphatic heterocycles. The van der Waals surface area contributed by atoms with E-state index in [9.17, 15) is 0 Å². The minimum Gasteiger partial charge on any atom is -0.497 e. The van der Waals surface area contributed by atoms with Gasteiger partial charge >= 0.3 is 0 Å². The molecule has 148 valence electrons. The van der Waals surface area contributed by atoms with Crippen LogP contribution in [0.3, 0.4) is 0 Å². The molecule has 1 aromatic heterocycles. The zero-order chi connectivity index (χ0) is 19.2. The molecule has 0 N–H and O–H groups in total. The highest BCUT2D eigenvalue weighted by Crippen LogP contribution is 2.27. The second kappa shape index (κ2) is 9.24. The monoisotopic (exact) mass is 373 g/mol. The summed E-state index contributed by atoms with van der Waals surface area (Å²) in [7, 11) is 3.41. The van der Waals surface area contributed by atoms with Gasteiger partial charge < -0.3 is 14.2 Å². The smallest absolute Gasteiger partial charge is 0.123 e. The lowest BCUT2D eigenvalue weighted by Crippen LogP contribution is -2.31. The molecule has 6 heteroatoms. The molecule has 1 saturated heterocycles. The Morgan fingerprint density at radius 1 is 1.22 bits per heavy atom. The molecule has 0 radical (unpaired) electrons. The van der Waals surface area contributed by atoms with E-state index in [4.69, 9.17) is 14.2 Å². The number of benzene rings is 1. The highest BCUT2D eigenvalue weighted by molar-refractivity contribution is 5.40. The van der Waals surface area contributed by atoms with Crippen LogP contribution in [0.2, 0.25) is 0 Å². The standard InChI is InChI=1S/C21H31N3O3/c1-5-24-14-18(16(2)22-24)13-23(15-20-7-6-10-27-20)12-17-11-19(25-3)8-9-21(17)26-4/h8-9,11,14,20H,5-7,10,12-13,15H2,1-4H3/t20-/m1/s1. The maximum absolute atomic E-state index is 5.90. The normalized spacial score (nSPS) is 16.9. The molecule has 1 fully saturated rings. The van der Waals surface area contributed by atoms with Crippen LogP contribution in [0.5, 0.6) is 11.5 Å². The van der Waals surface area contributed by atoms with Gasteiger partial charge in [0.25, 0.3) is 0 Å². The minimum atomic E-state index is 0.295. The Morgan fingerprint density at radius 3 is 2.67 bits per heavy atom. The van der Waals surface area contributed by atoms with Gasteiger partial charge in [-0.2, -0.15) is 5.10 Å². The molecule has 0 spiro atoms. The fourth-order valence-corrected chi connectivity index (χ4v) is 3.62. The first-order chi connectivity index (χ1) is 13.1. The van der Waals surface area contributed by atoms with Crippen molar-refractivity contribution in [1.29, 1.82) is 0 Å². The first-order valence-electron chi connectivity index (χ1n) is 9.70. The van der Waals surface area contributed by atoms with Crippen molar-refractivity contribution in [2.75, 3.05) is 27.4 Å². The summed E-state index contributed by atoms with van der Waals surface area (Å²) in [6.45, 7) is 8.46. The molecule has 0 amide bonds. The lowest BCUT2D eigenvalue weighted by molar-refractivity contribution is 0.0675. The van der Waals surface area contributed by atoms with Gasteiger partial charge in [0.2, 0.25) is 0 Å². The Kier molecular flexibility index (Phi) is 6.74. The number of ether oxygens (including phenoxy) is 3. The molecule has 0 aliphatic carbocycles. The van der Waals surface area contributed by atoms with E-state index in [0.29, 0.717) is 6.10 Å². The lowest BCUT2D eigenvalue weighted by atomic mass is 10.1. The number of methoxy groups -OCH3 is 2. The van der Waals surface area contributed by atoms with Crippen LogP contribution in [0.15, 0.2) is 24.4 Å². The van der Waals surface area contributed by atoms with Gasteiger partial charge in [0.15, 0.2) is 0 Å². The van der Waals surface area contributed by atoms with Crippen molar-refractivity contribution in [3.05, 3.63) is 41.2 Å². The third kappa shape index (κ3) is 5.02. The molecular weight excluding hydrogens is 342 g/mol. The van der Waals surface area contributed by atoms with Crippen LogP contribution < -0.4 is 9.47 Å². The molecule has 2 aromatic rings. The van der Waals surface area contributed by atoms with E-state index < -0.39 is 0 Å². The van der Waals surface area contributed by atoms with Gasteiger partial charge in [-0.3, -0.25) is 9.58 Å². The maximum Gasteiger partial charge on any atom is 0.123 e. The van der Waals surface area contributed by atoms with Crippen LogP contribution in [0.4, 0.5) is 0 Å². The van der Waals surface area contributed by atoms with Gasteiger partial charge in [-0.15, -0.1) is 0 Å². The summed E-state index contributed by atoms with van der Waals surface area (Å²) in [4.78, 5) is 2.43. The topological polar surface area (TPSA) is 48.8 Å². The Bertz CT molecular complexity index is 738. The Morgan fingerprint density at radius 2 is 2.04 bits per heavy atom. The molecule has 0 unspecified atom stereocenters. The predicted octanol–water partition coefficient (Wildman–Crippen LogP) is 3.41. The van der Waals surface area contributed by atoms with Crippen molar-refractivity contribution in [3.63, 3.8) is 0 Å². The molecule has 6 nitrogen and oxygen atoms in total. The molecule has 1 aliphatic rings. The Balaban J connectivity index is 1.81. The largest absolute Gasteiger partial charge is 0.497 e. The fourth-order valence-electron chi connectivity index (χ4n) is 3.62. The summed E-state index contributed by atoms with van der Waals surface area (Å²) >= 11 is 0. The summed E-state index contributed by atoms with van der Waals surface area (Å²) in [5.74, 6) is 1.73. The van der Waals surface area contributed by atoms with E-state index in [1.165, 1.54) is 5.56 Å². The Hall–Kier alpha value is -2.05. The van der Waals surface area contributed by atoms with Crippen LogP contribution in [-0.2, 0) is 24.4 Å². The maximum atomic E-state index is 5.90. The van der Waals surface area contributed by atoms with Crippen LogP contribution in [0.25, 0.3) is 0 Å². The van der Waals surface area contributed by atoms with Gasteiger partial charge in [-0.1, -0.05) is 0 Å². The summed E-state index contributed by atoms with van der Waals surface area (Å²) in [5.41, 5.74) is 3.47. The number of aromatic nitrogens is 2. The molecule has 1 atom stereocenters. The van der Waals surface area contributed by atoms with Gasteiger partial charge in [0, 0.05) is 50.1 Å². The molecule has 2 heterocycles. The molecular formula is C21H31N3O3. The first-order valence-corrected chi connectivity index (χ1v) is 9.70. The molecule has 0 saturated carbocycles. The highest BCUT2D eigenvalue weighted by atomic mass is 16.5. The molecule has 1 aromatic carbocycles. The van der Waals surface area contributed by atoms with E-state index >= 15 is 0 Å². The van der Waals surface area contributed by atoms with Gasteiger partial charge in [0.1, 0.15) is 11.5 Å². The van der Waals surface area contributed by atoms with Gasteiger partial charge in [0.05, 0.1) is 26.0 Å².